The molecule has 26 heavy (non-hydrogen) atoms. The van der Waals surface area contributed by atoms with E-state index in [4.69, 9.17) is 14.9 Å². The van der Waals surface area contributed by atoms with Crippen molar-refractivity contribution in [3.05, 3.63) is 39.9 Å². The molecule has 0 amide bonds. The lowest BCUT2D eigenvalue weighted by Crippen LogP contribution is -2.57. The molecule has 130 valence electrons. The highest BCUT2D eigenvalue weighted by atomic mass is 16.7. The second kappa shape index (κ2) is 5.26. The number of nitro groups is 1. The minimum Gasteiger partial charge on any atom is -0.448 e. The summed E-state index contributed by atoms with van der Waals surface area (Å²) in [4.78, 5) is 10.3. The summed E-state index contributed by atoms with van der Waals surface area (Å²) in [7, 11) is 0. The van der Waals surface area contributed by atoms with E-state index >= 15 is 0 Å². The monoisotopic (exact) mass is 351 g/mol. The second-order valence-electron chi connectivity index (χ2n) is 6.47. The molecule has 2 aliphatic heterocycles. The molecule has 4 atom stereocenters. The van der Waals surface area contributed by atoms with E-state index in [1.165, 1.54) is 24.3 Å². The topological polar surface area (TPSA) is 157 Å². The Morgan fingerprint density at radius 2 is 1.77 bits per heavy atom. The van der Waals surface area contributed by atoms with Gasteiger partial charge >= 0.3 is 0 Å². The Morgan fingerprint density at radius 3 is 2.23 bits per heavy atom. The quantitative estimate of drug-likeness (QED) is 0.633. The number of benzene rings is 1. The van der Waals surface area contributed by atoms with Gasteiger partial charge in [0, 0.05) is 19.1 Å². The summed E-state index contributed by atoms with van der Waals surface area (Å²) in [6.07, 6.45) is -1.22. The summed E-state index contributed by atoms with van der Waals surface area (Å²) in [6.45, 7) is 3.14. The minimum absolute atomic E-state index is 0.161. The molecule has 2 aliphatic rings. The molecule has 9 nitrogen and oxygen atoms in total. The van der Waals surface area contributed by atoms with E-state index in [9.17, 15) is 25.9 Å². The van der Waals surface area contributed by atoms with Crippen molar-refractivity contribution in [2.45, 2.75) is 25.7 Å². The maximum Gasteiger partial charge on any atom is 0.269 e. The Balaban J connectivity index is 2.25. The molecule has 0 spiro atoms. The minimum atomic E-state index is -2.05. The molecule has 2 saturated heterocycles. The maximum absolute atomic E-state index is 10.9. The van der Waals surface area contributed by atoms with E-state index in [2.05, 4.69) is 0 Å². The molecule has 3 rings (SSSR count). The van der Waals surface area contributed by atoms with E-state index in [0.717, 1.165) is 0 Å². The van der Waals surface area contributed by atoms with E-state index in [1.54, 1.807) is 13.8 Å². The highest BCUT2D eigenvalue weighted by Gasteiger charge is 2.78. The smallest absolute Gasteiger partial charge is 0.269 e. The third-order valence-corrected chi connectivity index (χ3v) is 5.40. The van der Waals surface area contributed by atoms with Gasteiger partial charge in [-0.15, -0.1) is 0 Å². The van der Waals surface area contributed by atoms with Crippen LogP contribution in [0.1, 0.15) is 25.5 Å². The highest BCUT2D eigenvalue weighted by Crippen LogP contribution is 2.66. The van der Waals surface area contributed by atoms with Crippen molar-refractivity contribution in [1.82, 2.24) is 0 Å². The first kappa shape index (κ1) is 17.3. The van der Waals surface area contributed by atoms with Crippen LogP contribution in [0.2, 0.25) is 0 Å². The summed E-state index contributed by atoms with van der Waals surface area (Å²) < 4.78 is 11.4. The van der Waals surface area contributed by atoms with Gasteiger partial charge in [0.1, 0.15) is 6.10 Å². The summed E-state index contributed by atoms with van der Waals surface area (Å²) in [5, 5.41) is 48.7. The summed E-state index contributed by atoms with van der Waals surface area (Å²) in [6, 6.07) is 11.0. The average Bonchev–Trinajstić information content (AvgIpc) is 2.77. The van der Waals surface area contributed by atoms with Crippen molar-refractivity contribution in [2.75, 3.05) is 0 Å². The Bertz CT molecular complexity index is 924. The number of rotatable bonds is 2. The van der Waals surface area contributed by atoms with Gasteiger partial charge in [0.05, 0.1) is 29.0 Å². The molecule has 9 heteroatoms. The van der Waals surface area contributed by atoms with Crippen LogP contribution in [0.15, 0.2) is 24.3 Å². The molecule has 0 saturated carbocycles. The second-order valence-corrected chi connectivity index (χ2v) is 6.47. The molecule has 0 aliphatic carbocycles. The van der Waals surface area contributed by atoms with Crippen molar-refractivity contribution >= 4 is 11.6 Å². The number of hydrogen-bond donors (Lipinski definition) is 1. The summed E-state index contributed by atoms with van der Waals surface area (Å²) >= 11 is 0. The van der Waals surface area contributed by atoms with Crippen LogP contribution in [0, 0.1) is 66.3 Å². The fourth-order valence-electron chi connectivity index (χ4n) is 3.78. The molecule has 1 N–H and O–H groups in total. The first-order valence-corrected chi connectivity index (χ1v) is 7.66. The summed E-state index contributed by atoms with van der Waals surface area (Å²) in [5.74, 6) is -2.61. The van der Waals surface area contributed by atoms with Gasteiger partial charge in [-0.25, -0.2) is 0 Å². The Morgan fingerprint density at radius 1 is 1.19 bits per heavy atom. The van der Waals surface area contributed by atoms with E-state index in [0.29, 0.717) is 5.56 Å². The van der Waals surface area contributed by atoms with Gasteiger partial charge in [-0.2, -0.15) is 15.8 Å². The number of nitrogens with one attached hydrogen (secondary N) is 1. The standard InChI is InChI=1S/C17H13N5O4/c1-10-15(2)25-13(11-3-5-12(6-4-11)22(23)24)16(7-18,8-19)17(10,9-20)14(21)26-15/h3-6,10,13,21H,1-2H3. The van der Waals surface area contributed by atoms with Crippen LogP contribution in [0.4, 0.5) is 5.69 Å². The van der Waals surface area contributed by atoms with Crippen LogP contribution in [0.3, 0.4) is 0 Å². The maximum atomic E-state index is 10.9. The van der Waals surface area contributed by atoms with Crippen LogP contribution in [-0.2, 0) is 9.47 Å². The third-order valence-electron chi connectivity index (χ3n) is 5.40. The van der Waals surface area contributed by atoms with Crippen LogP contribution < -0.4 is 0 Å². The van der Waals surface area contributed by atoms with Gasteiger partial charge in [0.15, 0.2) is 5.41 Å². The number of nitriles is 3. The average molecular weight is 351 g/mol. The first-order chi connectivity index (χ1) is 12.2. The molecule has 2 fully saturated rings. The molecule has 2 heterocycles. The SMILES string of the molecule is CC1C2(C)OC(=N)C1(C#N)C(C#N)(C#N)C(c1ccc([N+](=O)[O-])cc1)O2. The molecule has 0 radical (unpaired) electrons. The number of fused-ring (bicyclic) bond motifs is 2. The Labute approximate surface area is 148 Å². The zero-order valence-corrected chi connectivity index (χ0v) is 13.9. The van der Waals surface area contributed by atoms with E-state index in [1.807, 2.05) is 18.2 Å². The largest absolute Gasteiger partial charge is 0.448 e. The van der Waals surface area contributed by atoms with Crippen molar-refractivity contribution in [3.63, 3.8) is 0 Å². The van der Waals surface area contributed by atoms with Crippen molar-refractivity contribution in [3.8, 4) is 18.2 Å². The lowest BCUT2D eigenvalue weighted by Gasteiger charge is -2.47. The molecular formula is C17H13N5O4. The number of nitro benzene ring substituents is 1. The van der Waals surface area contributed by atoms with Crippen LogP contribution in [-0.4, -0.2) is 16.6 Å². The van der Waals surface area contributed by atoms with Crippen LogP contribution in [0.25, 0.3) is 0 Å². The van der Waals surface area contributed by atoms with Gasteiger partial charge in [-0.3, -0.25) is 15.5 Å². The van der Waals surface area contributed by atoms with Crippen molar-refractivity contribution in [1.29, 1.82) is 21.2 Å². The lowest BCUT2D eigenvalue weighted by molar-refractivity contribution is -0.384. The van der Waals surface area contributed by atoms with Crippen molar-refractivity contribution in [2.24, 2.45) is 16.7 Å². The number of ether oxygens (including phenoxy) is 2. The van der Waals surface area contributed by atoms with Crippen LogP contribution in [0.5, 0.6) is 0 Å². The third kappa shape index (κ3) is 1.77. The molecule has 1 aromatic rings. The predicted molar refractivity (Wildman–Crippen MR) is 85.0 cm³/mol. The van der Waals surface area contributed by atoms with E-state index < -0.39 is 39.5 Å². The van der Waals surface area contributed by atoms with Crippen molar-refractivity contribution < 1.29 is 14.4 Å². The molecule has 0 aromatic heterocycles. The zero-order chi connectivity index (χ0) is 19.3. The predicted octanol–water partition coefficient (Wildman–Crippen LogP) is 2.57. The Kier molecular flexibility index (Phi) is 3.51. The number of hydrogen-bond acceptors (Lipinski definition) is 8. The number of non-ortho nitro benzene ring substituents is 1. The molecule has 2 bridgehead atoms. The zero-order valence-electron chi connectivity index (χ0n) is 13.9. The van der Waals surface area contributed by atoms with Gasteiger partial charge in [-0.05, 0) is 17.7 Å². The number of nitrogens with zero attached hydrogens (tertiary/aromatic N) is 4. The van der Waals surface area contributed by atoms with Gasteiger partial charge < -0.3 is 9.47 Å². The van der Waals surface area contributed by atoms with Gasteiger partial charge in [0.25, 0.3) is 5.69 Å². The molecular weight excluding hydrogens is 338 g/mol. The fourth-order valence-corrected chi connectivity index (χ4v) is 3.78. The fraction of sp³-hybridized carbons (Fsp3) is 0.412. The van der Waals surface area contributed by atoms with Crippen LogP contribution >= 0.6 is 0 Å². The lowest BCUT2D eigenvalue weighted by atomic mass is 9.54. The first-order valence-electron chi connectivity index (χ1n) is 7.66. The molecule has 4 unspecified atom stereocenters. The van der Waals surface area contributed by atoms with E-state index in [-0.39, 0.29) is 5.69 Å². The Hall–Kier alpha value is -3.48. The summed E-state index contributed by atoms with van der Waals surface area (Å²) in [5.41, 5.74) is -3.72. The van der Waals surface area contributed by atoms with Gasteiger partial charge in [-0.1, -0.05) is 6.92 Å². The van der Waals surface area contributed by atoms with Gasteiger partial charge in [0.2, 0.25) is 17.1 Å². The molecule has 1 aromatic carbocycles. The highest BCUT2D eigenvalue weighted by molar-refractivity contribution is 5.89. The normalized spacial score (nSPS) is 34.0.